The first kappa shape index (κ1) is 17.9. The lowest BCUT2D eigenvalue weighted by molar-refractivity contribution is -0.122. The van der Waals surface area contributed by atoms with Gasteiger partial charge < -0.3 is 15.5 Å². The van der Waals surface area contributed by atoms with E-state index in [4.69, 9.17) is 0 Å². The molecule has 2 aromatic rings. The highest BCUT2D eigenvalue weighted by Gasteiger charge is 2.16. The SMILES string of the molecule is C[C@@H](NC(=O)c1ccccc1)C(=O)NCc1ccc(N2CCCC2)nc1. The monoisotopic (exact) mass is 352 g/mol. The van der Waals surface area contributed by atoms with E-state index in [1.165, 1.54) is 12.8 Å². The molecule has 2 N–H and O–H groups in total. The summed E-state index contributed by atoms with van der Waals surface area (Å²) in [6, 6.07) is 12.2. The first-order valence-corrected chi connectivity index (χ1v) is 8.97. The number of nitrogens with one attached hydrogen (secondary N) is 2. The van der Waals surface area contributed by atoms with Gasteiger partial charge >= 0.3 is 0 Å². The molecule has 26 heavy (non-hydrogen) atoms. The molecule has 1 fully saturated rings. The van der Waals surface area contributed by atoms with E-state index in [0.29, 0.717) is 12.1 Å². The second-order valence-corrected chi connectivity index (χ2v) is 6.50. The lowest BCUT2D eigenvalue weighted by Gasteiger charge is -2.17. The van der Waals surface area contributed by atoms with E-state index in [1.807, 2.05) is 18.2 Å². The molecule has 1 aliphatic rings. The van der Waals surface area contributed by atoms with E-state index in [2.05, 4.69) is 20.5 Å². The van der Waals surface area contributed by atoms with Crippen molar-refractivity contribution in [2.75, 3.05) is 18.0 Å². The summed E-state index contributed by atoms with van der Waals surface area (Å²) in [4.78, 5) is 31.0. The highest BCUT2D eigenvalue weighted by atomic mass is 16.2. The van der Waals surface area contributed by atoms with Gasteiger partial charge in [-0.1, -0.05) is 24.3 Å². The molecule has 3 rings (SSSR count). The van der Waals surface area contributed by atoms with Crippen LogP contribution in [-0.2, 0) is 11.3 Å². The number of carbonyl (C=O) groups excluding carboxylic acids is 2. The standard InChI is InChI=1S/C20H24N4O2/c1-15(23-20(26)17-7-3-2-4-8-17)19(25)22-14-16-9-10-18(21-13-16)24-11-5-6-12-24/h2-4,7-10,13,15H,5-6,11-12,14H2,1H3,(H,22,25)(H,23,26)/t15-/m1/s1. The molecule has 136 valence electrons. The maximum absolute atomic E-state index is 12.2. The van der Waals surface area contributed by atoms with Crippen molar-refractivity contribution in [2.45, 2.75) is 32.4 Å². The smallest absolute Gasteiger partial charge is 0.251 e. The molecule has 0 spiro atoms. The number of carbonyl (C=O) groups is 2. The molecular formula is C20H24N4O2. The molecule has 1 atom stereocenters. The summed E-state index contributed by atoms with van der Waals surface area (Å²) in [6.07, 6.45) is 4.22. The summed E-state index contributed by atoms with van der Waals surface area (Å²) in [5.74, 6) is 0.504. The van der Waals surface area contributed by atoms with Crippen molar-refractivity contribution in [1.29, 1.82) is 0 Å². The minimum absolute atomic E-state index is 0.224. The van der Waals surface area contributed by atoms with Gasteiger partial charge in [0.25, 0.3) is 5.91 Å². The Labute approximate surface area is 153 Å². The van der Waals surface area contributed by atoms with Crippen LogP contribution in [0.3, 0.4) is 0 Å². The van der Waals surface area contributed by atoms with Crippen molar-refractivity contribution < 1.29 is 9.59 Å². The number of aromatic nitrogens is 1. The zero-order valence-electron chi connectivity index (χ0n) is 14.9. The maximum Gasteiger partial charge on any atom is 0.251 e. The minimum atomic E-state index is -0.612. The van der Waals surface area contributed by atoms with E-state index >= 15 is 0 Å². The van der Waals surface area contributed by atoms with E-state index in [1.54, 1.807) is 37.4 Å². The Hall–Kier alpha value is -2.89. The Morgan fingerprint density at radius 2 is 1.85 bits per heavy atom. The van der Waals surface area contributed by atoms with Crippen molar-refractivity contribution in [3.05, 3.63) is 59.8 Å². The van der Waals surface area contributed by atoms with Gasteiger partial charge in [-0.25, -0.2) is 4.98 Å². The zero-order chi connectivity index (χ0) is 18.4. The molecule has 6 heteroatoms. The number of hydrogen-bond donors (Lipinski definition) is 2. The molecule has 2 heterocycles. The third kappa shape index (κ3) is 4.59. The molecular weight excluding hydrogens is 328 g/mol. The molecule has 2 amide bonds. The highest BCUT2D eigenvalue weighted by Crippen LogP contribution is 2.17. The minimum Gasteiger partial charge on any atom is -0.357 e. The van der Waals surface area contributed by atoms with Gasteiger partial charge in [0.1, 0.15) is 11.9 Å². The molecule has 1 aliphatic heterocycles. The highest BCUT2D eigenvalue weighted by molar-refractivity contribution is 5.97. The molecule has 0 unspecified atom stereocenters. The Balaban J connectivity index is 1.47. The number of pyridine rings is 1. The summed E-state index contributed by atoms with van der Waals surface area (Å²) in [6.45, 7) is 4.17. The van der Waals surface area contributed by atoms with Crippen LogP contribution in [0, 0.1) is 0 Å². The molecule has 1 aromatic carbocycles. The largest absolute Gasteiger partial charge is 0.357 e. The molecule has 0 bridgehead atoms. The molecule has 0 radical (unpaired) electrons. The van der Waals surface area contributed by atoms with Crippen molar-refractivity contribution in [3.63, 3.8) is 0 Å². The van der Waals surface area contributed by atoms with Gasteiger partial charge in [0, 0.05) is 31.4 Å². The summed E-state index contributed by atoms with van der Waals surface area (Å²) in [5, 5.41) is 5.54. The molecule has 6 nitrogen and oxygen atoms in total. The lowest BCUT2D eigenvalue weighted by Crippen LogP contribution is -2.44. The number of hydrogen-bond acceptors (Lipinski definition) is 4. The van der Waals surface area contributed by atoms with Crippen LogP contribution in [0.15, 0.2) is 48.7 Å². The third-order valence-corrected chi connectivity index (χ3v) is 4.48. The average Bonchev–Trinajstić information content (AvgIpc) is 3.22. The van der Waals surface area contributed by atoms with Gasteiger partial charge in [0.05, 0.1) is 0 Å². The fourth-order valence-electron chi connectivity index (χ4n) is 2.93. The van der Waals surface area contributed by atoms with Crippen molar-refractivity contribution >= 4 is 17.6 Å². The van der Waals surface area contributed by atoms with Crippen LogP contribution in [0.5, 0.6) is 0 Å². The van der Waals surface area contributed by atoms with E-state index < -0.39 is 6.04 Å². The number of anilines is 1. The number of benzene rings is 1. The Morgan fingerprint density at radius 1 is 1.12 bits per heavy atom. The molecule has 0 saturated carbocycles. The van der Waals surface area contributed by atoms with Gasteiger partial charge in [-0.05, 0) is 43.5 Å². The maximum atomic E-state index is 12.2. The number of nitrogens with zero attached hydrogens (tertiary/aromatic N) is 2. The normalized spacial score (nSPS) is 14.7. The van der Waals surface area contributed by atoms with Crippen LogP contribution in [-0.4, -0.2) is 35.9 Å². The van der Waals surface area contributed by atoms with Crippen LogP contribution in [0.2, 0.25) is 0 Å². The Kier molecular flexibility index (Phi) is 5.84. The molecule has 0 aliphatic carbocycles. The van der Waals surface area contributed by atoms with Crippen molar-refractivity contribution in [3.8, 4) is 0 Å². The van der Waals surface area contributed by atoms with Gasteiger partial charge in [0.15, 0.2) is 0 Å². The second kappa shape index (κ2) is 8.47. The van der Waals surface area contributed by atoms with Crippen LogP contribution in [0.25, 0.3) is 0 Å². The van der Waals surface area contributed by atoms with Crippen molar-refractivity contribution in [1.82, 2.24) is 15.6 Å². The van der Waals surface area contributed by atoms with Crippen LogP contribution in [0.1, 0.15) is 35.7 Å². The van der Waals surface area contributed by atoms with Gasteiger partial charge in [-0.2, -0.15) is 0 Å². The van der Waals surface area contributed by atoms with E-state index in [-0.39, 0.29) is 11.8 Å². The van der Waals surface area contributed by atoms with Gasteiger partial charge in [-0.15, -0.1) is 0 Å². The van der Waals surface area contributed by atoms with Crippen LogP contribution >= 0.6 is 0 Å². The average molecular weight is 352 g/mol. The lowest BCUT2D eigenvalue weighted by atomic mass is 10.2. The van der Waals surface area contributed by atoms with Gasteiger partial charge in [0.2, 0.25) is 5.91 Å². The first-order chi connectivity index (χ1) is 12.6. The summed E-state index contributed by atoms with van der Waals surface area (Å²) >= 11 is 0. The zero-order valence-corrected chi connectivity index (χ0v) is 14.9. The quantitative estimate of drug-likeness (QED) is 0.835. The summed E-state index contributed by atoms with van der Waals surface area (Å²) < 4.78 is 0. The number of amides is 2. The number of rotatable bonds is 6. The van der Waals surface area contributed by atoms with E-state index in [0.717, 1.165) is 24.5 Å². The third-order valence-electron chi connectivity index (χ3n) is 4.48. The topological polar surface area (TPSA) is 74.3 Å². The summed E-state index contributed by atoms with van der Waals surface area (Å²) in [7, 11) is 0. The fraction of sp³-hybridized carbons (Fsp3) is 0.350. The predicted molar refractivity (Wildman–Crippen MR) is 101 cm³/mol. The Bertz CT molecular complexity index is 740. The van der Waals surface area contributed by atoms with Crippen LogP contribution < -0.4 is 15.5 Å². The first-order valence-electron chi connectivity index (χ1n) is 8.97. The van der Waals surface area contributed by atoms with Crippen molar-refractivity contribution in [2.24, 2.45) is 0 Å². The predicted octanol–water partition coefficient (Wildman–Crippen LogP) is 2.12. The fourth-order valence-corrected chi connectivity index (χ4v) is 2.93. The second-order valence-electron chi connectivity index (χ2n) is 6.50. The summed E-state index contributed by atoms with van der Waals surface area (Å²) in [5.41, 5.74) is 1.47. The Morgan fingerprint density at radius 3 is 2.50 bits per heavy atom. The molecule has 1 aromatic heterocycles. The van der Waals surface area contributed by atoms with E-state index in [9.17, 15) is 9.59 Å². The molecule has 1 saturated heterocycles. The van der Waals surface area contributed by atoms with Gasteiger partial charge in [-0.3, -0.25) is 9.59 Å². The van der Waals surface area contributed by atoms with Crippen LogP contribution in [0.4, 0.5) is 5.82 Å².